The third-order valence-electron chi connectivity index (χ3n) is 3.09. The van der Waals surface area contributed by atoms with Gasteiger partial charge in [-0.25, -0.2) is 0 Å². The summed E-state index contributed by atoms with van der Waals surface area (Å²) in [6.45, 7) is 3.02. The minimum Gasteiger partial charge on any atom is -0.396 e. The summed E-state index contributed by atoms with van der Waals surface area (Å²) in [5, 5.41) is 4.07. The van der Waals surface area contributed by atoms with Crippen LogP contribution in [-0.2, 0) is 4.84 Å². The van der Waals surface area contributed by atoms with Gasteiger partial charge in [0, 0.05) is 6.21 Å². The van der Waals surface area contributed by atoms with Crippen LogP contribution in [0, 0.1) is 5.92 Å². The largest absolute Gasteiger partial charge is 0.396 e. The van der Waals surface area contributed by atoms with E-state index in [1.54, 1.807) is 0 Å². The molecule has 0 N–H and O–H groups in total. The second-order valence-electron chi connectivity index (χ2n) is 4.55. The first kappa shape index (κ1) is 12.5. The van der Waals surface area contributed by atoms with E-state index in [9.17, 15) is 0 Å². The highest BCUT2D eigenvalue weighted by atomic mass is 16.6. The molecule has 0 atom stereocenters. The summed E-state index contributed by atoms with van der Waals surface area (Å²) in [6, 6.07) is 0. The van der Waals surface area contributed by atoms with Gasteiger partial charge in [0.15, 0.2) is 0 Å². The van der Waals surface area contributed by atoms with Crippen LogP contribution in [0.5, 0.6) is 0 Å². The lowest BCUT2D eigenvalue weighted by Gasteiger charge is -2.16. The molecule has 0 spiro atoms. The van der Waals surface area contributed by atoms with Gasteiger partial charge in [0.1, 0.15) is 6.61 Å². The molecule has 0 amide bonds. The van der Waals surface area contributed by atoms with Crippen LogP contribution in [0.1, 0.15) is 64.7 Å². The quantitative estimate of drug-likeness (QED) is 0.352. The van der Waals surface area contributed by atoms with Crippen LogP contribution >= 0.6 is 0 Å². The fraction of sp³-hybridized carbons (Fsp3) is 0.923. The number of hydrogen-bond acceptors (Lipinski definition) is 2. The second-order valence-corrected chi connectivity index (χ2v) is 4.55. The van der Waals surface area contributed by atoms with Gasteiger partial charge in [0.25, 0.3) is 0 Å². The van der Waals surface area contributed by atoms with Gasteiger partial charge in [-0.3, -0.25) is 0 Å². The van der Waals surface area contributed by atoms with Crippen LogP contribution in [0.3, 0.4) is 0 Å². The van der Waals surface area contributed by atoms with E-state index in [-0.39, 0.29) is 0 Å². The predicted molar refractivity (Wildman–Crippen MR) is 65.2 cm³/mol. The highest BCUT2D eigenvalue weighted by molar-refractivity contribution is 5.59. The highest BCUT2D eigenvalue weighted by Crippen LogP contribution is 2.21. The minimum atomic E-state index is 0.689. The monoisotopic (exact) mass is 211 g/mol. The maximum atomic E-state index is 5.25. The highest BCUT2D eigenvalue weighted by Gasteiger charge is 2.10. The molecule has 1 aliphatic rings. The molecular formula is C13H25NO. The van der Waals surface area contributed by atoms with E-state index in [1.807, 2.05) is 6.21 Å². The number of unbranched alkanes of at least 4 members (excludes halogenated alkanes) is 3. The van der Waals surface area contributed by atoms with E-state index in [0.29, 0.717) is 5.92 Å². The van der Waals surface area contributed by atoms with E-state index < -0.39 is 0 Å². The Labute approximate surface area is 94.1 Å². The van der Waals surface area contributed by atoms with Crippen LogP contribution in [0.15, 0.2) is 5.16 Å². The molecule has 2 nitrogen and oxygen atoms in total. The van der Waals surface area contributed by atoms with Gasteiger partial charge in [0.05, 0.1) is 0 Å². The molecule has 0 aliphatic heterocycles. The molecule has 2 heteroatoms. The van der Waals surface area contributed by atoms with E-state index >= 15 is 0 Å². The van der Waals surface area contributed by atoms with E-state index in [0.717, 1.165) is 13.0 Å². The molecular weight excluding hydrogens is 186 g/mol. The van der Waals surface area contributed by atoms with Crippen molar-refractivity contribution in [3.63, 3.8) is 0 Å². The van der Waals surface area contributed by atoms with Gasteiger partial charge in [-0.2, -0.15) is 0 Å². The molecule has 0 radical (unpaired) electrons. The first-order valence-electron chi connectivity index (χ1n) is 6.59. The molecule has 0 heterocycles. The lowest BCUT2D eigenvalue weighted by Crippen LogP contribution is -2.07. The van der Waals surface area contributed by atoms with Gasteiger partial charge in [-0.05, 0) is 31.6 Å². The summed E-state index contributed by atoms with van der Waals surface area (Å²) in [7, 11) is 0. The van der Waals surface area contributed by atoms with Crippen molar-refractivity contribution in [2.45, 2.75) is 64.7 Å². The Morgan fingerprint density at radius 3 is 2.67 bits per heavy atom. The zero-order valence-electron chi connectivity index (χ0n) is 10.1. The lowest BCUT2D eigenvalue weighted by molar-refractivity contribution is 0.139. The normalized spacial score (nSPS) is 18.5. The average molecular weight is 211 g/mol. The summed E-state index contributed by atoms with van der Waals surface area (Å²) in [5.41, 5.74) is 0. The van der Waals surface area contributed by atoms with Crippen molar-refractivity contribution in [1.29, 1.82) is 0 Å². The molecule has 1 saturated carbocycles. The topological polar surface area (TPSA) is 21.6 Å². The summed E-state index contributed by atoms with van der Waals surface area (Å²) in [5.74, 6) is 0.689. The zero-order chi connectivity index (χ0) is 10.8. The molecule has 1 rings (SSSR count). The van der Waals surface area contributed by atoms with Crippen molar-refractivity contribution in [3.05, 3.63) is 0 Å². The van der Waals surface area contributed by atoms with Gasteiger partial charge < -0.3 is 4.84 Å². The van der Waals surface area contributed by atoms with Crippen LogP contribution in [0.4, 0.5) is 0 Å². The summed E-state index contributed by atoms with van der Waals surface area (Å²) in [4.78, 5) is 5.25. The molecule has 88 valence electrons. The number of oxime groups is 1. The maximum absolute atomic E-state index is 5.25. The van der Waals surface area contributed by atoms with E-state index in [1.165, 1.54) is 51.4 Å². The van der Waals surface area contributed by atoms with E-state index in [2.05, 4.69) is 12.1 Å². The predicted octanol–water partition coefficient (Wildman–Crippen LogP) is 4.15. The van der Waals surface area contributed by atoms with Crippen LogP contribution < -0.4 is 0 Å². The smallest absolute Gasteiger partial charge is 0.117 e. The van der Waals surface area contributed by atoms with Gasteiger partial charge in [-0.15, -0.1) is 0 Å². The van der Waals surface area contributed by atoms with Crippen LogP contribution in [-0.4, -0.2) is 12.8 Å². The third-order valence-corrected chi connectivity index (χ3v) is 3.09. The molecule has 1 aliphatic carbocycles. The fourth-order valence-corrected chi connectivity index (χ4v) is 2.06. The standard InChI is InChI=1S/C13H25NO/c1-2-3-4-8-11-15-14-12-13-9-6-5-7-10-13/h12-13H,2-11H2,1H3. The third kappa shape index (κ3) is 6.53. The molecule has 15 heavy (non-hydrogen) atoms. The zero-order valence-corrected chi connectivity index (χ0v) is 10.1. The van der Waals surface area contributed by atoms with Crippen molar-refractivity contribution >= 4 is 6.21 Å². The van der Waals surface area contributed by atoms with Crippen molar-refractivity contribution in [1.82, 2.24) is 0 Å². The number of nitrogens with zero attached hydrogens (tertiary/aromatic N) is 1. The Balaban J connectivity index is 1.91. The summed E-state index contributed by atoms with van der Waals surface area (Å²) >= 11 is 0. The first-order valence-corrected chi connectivity index (χ1v) is 6.59. The Morgan fingerprint density at radius 1 is 1.13 bits per heavy atom. The Bertz CT molecular complexity index is 162. The Morgan fingerprint density at radius 2 is 1.93 bits per heavy atom. The molecule has 0 bridgehead atoms. The molecule has 0 aromatic heterocycles. The second kappa shape index (κ2) is 8.75. The lowest BCUT2D eigenvalue weighted by atomic mass is 9.90. The minimum absolute atomic E-state index is 0.689. The molecule has 0 aromatic rings. The van der Waals surface area contributed by atoms with Crippen LogP contribution in [0.25, 0.3) is 0 Å². The molecule has 0 unspecified atom stereocenters. The maximum Gasteiger partial charge on any atom is 0.117 e. The van der Waals surface area contributed by atoms with Crippen LogP contribution in [0.2, 0.25) is 0 Å². The van der Waals surface area contributed by atoms with Gasteiger partial charge in [0.2, 0.25) is 0 Å². The first-order chi connectivity index (χ1) is 7.43. The van der Waals surface area contributed by atoms with Gasteiger partial charge >= 0.3 is 0 Å². The number of hydrogen-bond donors (Lipinski definition) is 0. The van der Waals surface area contributed by atoms with E-state index in [4.69, 9.17) is 4.84 Å². The van der Waals surface area contributed by atoms with Crippen molar-refractivity contribution < 1.29 is 4.84 Å². The van der Waals surface area contributed by atoms with Crippen molar-refractivity contribution in [2.24, 2.45) is 11.1 Å². The Kier molecular flexibility index (Phi) is 7.32. The molecule has 0 aromatic carbocycles. The summed E-state index contributed by atoms with van der Waals surface area (Å²) in [6.07, 6.45) is 13.8. The summed E-state index contributed by atoms with van der Waals surface area (Å²) < 4.78 is 0. The van der Waals surface area contributed by atoms with Gasteiger partial charge in [-0.1, -0.05) is 44.2 Å². The van der Waals surface area contributed by atoms with Crippen molar-refractivity contribution in [3.8, 4) is 0 Å². The van der Waals surface area contributed by atoms with Crippen molar-refractivity contribution in [2.75, 3.05) is 6.61 Å². The Hall–Kier alpha value is -0.530. The SMILES string of the molecule is CCCCCCON=CC1CCCCC1. The number of rotatable bonds is 7. The fourth-order valence-electron chi connectivity index (χ4n) is 2.06. The molecule has 1 fully saturated rings. The average Bonchev–Trinajstić information content (AvgIpc) is 2.29. The molecule has 0 saturated heterocycles.